The molecule has 1 atom stereocenters. The highest BCUT2D eigenvalue weighted by atomic mass is 79.9. The normalized spacial score (nSPS) is 12.1. The maximum absolute atomic E-state index is 10.8. The minimum absolute atomic E-state index is 0.638. The second-order valence-electron chi connectivity index (χ2n) is 4.99. The summed E-state index contributed by atoms with van der Waals surface area (Å²) in [5, 5.41) is 10.8. The molecule has 0 amide bonds. The lowest BCUT2D eigenvalue weighted by Crippen LogP contribution is -2.07. The van der Waals surface area contributed by atoms with Crippen LogP contribution in [0.2, 0.25) is 0 Å². The van der Waals surface area contributed by atoms with Crippen molar-refractivity contribution in [2.45, 2.75) is 20.0 Å². The first-order valence-electron chi connectivity index (χ1n) is 6.64. The highest BCUT2D eigenvalue weighted by molar-refractivity contribution is 9.10. The first-order chi connectivity index (χ1) is 9.97. The Bertz CT molecular complexity index is 653. The third-order valence-electron chi connectivity index (χ3n) is 3.48. The highest BCUT2D eigenvalue weighted by Crippen LogP contribution is 2.38. The van der Waals surface area contributed by atoms with E-state index in [2.05, 4.69) is 15.9 Å². The molecule has 0 spiro atoms. The van der Waals surface area contributed by atoms with Gasteiger partial charge in [-0.15, -0.1) is 0 Å². The van der Waals surface area contributed by atoms with Gasteiger partial charge >= 0.3 is 0 Å². The standard InChI is InChI=1S/C17H19BrO3/c1-10-7-11(2)16(15(8-10)21-4)17(19)13-6-5-12(18)9-14(13)20-3/h5-9,17,19H,1-4H3. The molecule has 0 radical (unpaired) electrons. The topological polar surface area (TPSA) is 38.7 Å². The van der Waals surface area contributed by atoms with Crippen LogP contribution in [0.4, 0.5) is 0 Å². The lowest BCUT2D eigenvalue weighted by atomic mass is 9.94. The Morgan fingerprint density at radius 1 is 1.00 bits per heavy atom. The molecule has 4 heteroatoms. The van der Waals surface area contributed by atoms with Gasteiger partial charge in [-0.25, -0.2) is 0 Å². The average Bonchev–Trinajstić information content (AvgIpc) is 2.45. The smallest absolute Gasteiger partial charge is 0.126 e. The molecule has 0 aliphatic rings. The molecule has 21 heavy (non-hydrogen) atoms. The molecule has 112 valence electrons. The lowest BCUT2D eigenvalue weighted by molar-refractivity contribution is 0.208. The third-order valence-corrected chi connectivity index (χ3v) is 3.97. The number of ether oxygens (including phenoxy) is 2. The van der Waals surface area contributed by atoms with E-state index in [0.29, 0.717) is 17.1 Å². The largest absolute Gasteiger partial charge is 0.496 e. The molecule has 0 heterocycles. The Labute approximate surface area is 133 Å². The van der Waals surface area contributed by atoms with Gasteiger partial charge in [0, 0.05) is 15.6 Å². The van der Waals surface area contributed by atoms with Crippen molar-refractivity contribution in [3.8, 4) is 11.5 Å². The van der Waals surface area contributed by atoms with E-state index in [0.717, 1.165) is 21.2 Å². The van der Waals surface area contributed by atoms with Crippen molar-refractivity contribution in [2.75, 3.05) is 14.2 Å². The summed E-state index contributed by atoms with van der Waals surface area (Å²) in [7, 11) is 3.21. The monoisotopic (exact) mass is 350 g/mol. The number of aryl methyl sites for hydroxylation is 2. The molecule has 0 fully saturated rings. The van der Waals surface area contributed by atoms with Gasteiger partial charge in [0.15, 0.2) is 0 Å². The predicted octanol–water partition coefficient (Wildman–Crippen LogP) is 4.16. The minimum Gasteiger partial charge on any atom is -0.496 e. The molecule has 0 saturated heterocycles. The summed E-state index contributed by atoms with van der Waals surface area (Å²) in [5.74, 6) is 1.32. The molecule has 2 rings (SSSR count). The van der Waals surface area contributed by atoms with Crippen molar-refractivity contribution < 1.29 is 14.6 Å². The molecular formula is C17H19BrO3. The second-order valence-corrected chi connectivity index (χ2v) is 5.90. The quantitative estimate of drug-likeness (QED) is 0.899. The third kappa shape index (κ3) is 3.22. The number of hydrogen-bond donors (Lipinski definition) is 1. The van der Waals surface area contributed by atoms with Crippen molar-refractivity contribution in [3.63, 3.8) is 0 Å². The molecule has 0 bridgehead atoms. The van der Waals surface area contributed by atoms with E-state index in [1.165, 1.54) is 0 Å². The fourth-order valence-corrected chi connectivity index (χ4v) is 2.87. The van der Waals surface area contributed by atoms with E-state index in [1.807, 2.05) is 44.2 Å². The summed E-state index contributed by atoms with van der Waals surface area (Å²) in [6.07, 6.45) is -0.802. The van der Waals surface area contributed by atoms with Gasteiger partial charge in [0.2, 0.25) is 0 Å². The zero-order valence-electron chi connectivity index (χ0n) is 12.6. The minimum atomic E-state index is -0.802. The van der Waals surface area contributed by atoms with Gasteiger partial charge in [0.1, 0.15) is 17.6 Å². The Kier molecular flexibility index (Phi) is 4.91. The van der Waals surface area contributed by atoms with E-state index < -0.39 is 6.10 Å². The van der Waals surface area contributed by atoms with Crippen LogP contribution in [-0.2, 0) is 0 Å². The van der Waals surface area contributed by atoms with Crippen LogP contribution in [0.15, 0.2) is 34.8 Å². The Balaban J connectivity index is 2.57. The van der Waals surface area contributed by atoms with Crippen molar-refractivity contribution in [1.82, 2.24) is 0 Å². The summed E-state index contributed by atoms with van der Waals surface area (Å²) in [4.78, 5) is 0. The molecule has 0 saturated carbocycles. The maximum atomic E-state index is 10.8. The van der Waals surface area contributed by atoms with Crippen molar-refractivity contribution in [2.24, 2.45) is 0 Å². The first kappa shape index (κ1) is 15.9. The number of methoxy groups -OCH3 is 2. The number of aliphatic hydroxyl groups is 1. The van der Waals surface area contributed by atoms with Crippen LogP contribution in [0.5, 0.6) is 11.5 Å². The van der Waals surface area contributed by atoms with E-state index in [1.54, 1.807) is 14.2 Å². The molecule has 0 aliphatic carbocycles. The second kappa shape index (κ2) is 6.50. The maximum Gasteiger partial charge on any atom is 0.126 e. The zero-order chi connectivity index (χ0) is 15.6. The molecule has 2 aromatic rings. The van der Waals surface area contributed by atoms with Crippen molar-refractivity contribution in [3.05, 3.63) is 57.1 Å². The predicted molar refractivity (Wildman–Crippen MR) is 87.2 cm³/mol. The number of halogens is 1. The number of aliphatic hydroxyl groups excluding tert-OH is 1. The van der Waals surface area contributed by atoms with Gasteiger partial charge in [-0.05, 0) is 43.2 Å². The fourth-order valence-electron chi connectivity index (χ4n) is 2.53. The molecule has 0 aliphatic heterocycles. The summed E-state index contributed by atoms with van der Waals surface area (Å²) in [6.45, 7) is 3.98. The van der Waals surface area contributed by atoms with E-state index in [4.69, 9.17) is 9.47 Å². The number of benzene rings is 2. The summed E-state index contributed by atoms with van der Waals surface area (Å²) >= 11 is 3.41. The molecular weight excluding hydrogens is 332 g/mol. The summed E-state index contributed by atoms with van der Waals surface area (Å²) in [5.41, 5.74) is 3.57. The van der Waals surface area contributed by atoms with Gasteiger partial charge in [-0.1, -0.05) is 28.1 Å². The van der Waals surface area contributed by atoms with Crippen LogP contribution in [0.3, 0.4) is 0 Å². The van der Waals surface area contributed by atoms with E-state index in [-0.39, 0.29) is 0 Å². The molecule has 3 nitrogen and oxygen atoms in total. The van der Waals surface area contributed by atoms with Gasteiger partial charge in [0.25, 0.3) is 0 Å². The Morgan fingerprint density at radius 2 is 1.67 bits per heavy atom. The molecule has 2 aromatic carbocycles. The summed E-state index contributed by atoms with van der Waals surface area (Å²) < 4.78 is 11.7. The van der Waals surface area contributed by atoms with Gasteiger partial charge in [-0.3, -0.25) is 0 Å². The van der Waals surface area contributed by atoms with Crippen LogP contribution >= 0.6 is 15.9 Å². The van der Waals surface area contributed by atoms with Crippen LogP contribution in [0, 0.1) is 13.8 Å². The van der Waals surface area contributed by atoms with Gasteiger partial charge < -0.3 is 14.6 Å². The van der Waals surface area contributed by atoms with Crippen molar-refractivity contribution >= 4 is 15.9 Å². The fraction of sp³-hybridized carbons (Fsp3) is 0.294. The zero-order valence-corrected chi connectivity index (χ0v) is 14.2. The lowest BCUT2D eigenvalue weighted by Gasteiger charge is -2.20. The molecule has 0 aromatic heterocycles. The van der Waals surface area contributed by atoms with Crippen LogP contribution in [0.1, 0.15) is 28.4 Å². The highest BCUT2D eigenvalue weighted by Gasteiger charge is 2.21. The van der Waals surface area contributed by atoms with E-state index in [9.17, 15) is 5.11 Å². The van der Waals surface area contributed by atoms with Gasteiger partial charge in [0.05, 0.1) is 14.2 Å². The number of rotatable bonds is 4. The van der Waals surface area contributed by atoms with Crippen LogP contribution in [-0.4, -0.2) is 19.3 Å². The van der Waals surface area contributed by atoms with Crippen LogP contribution < -0.4 is 9.47 Å². The van der Waals surface area contributed by atoms with Crippen LogP contribution in [0.25, 0.3) is 0 Å². The Hall–Kier alpha value is -1.52. The molecule has 1 unspecified atom stereocenters. The summed E-state index contributed by atoms with van der Waals surface area (Å²) in [6, 6.07) is 9.54. The average molecular weight is 351 g/mol. The Morgan fingerprint density at radius 3 is 2.29 bits per heavy atom. The van der Waals surface area contributed by atoms with E-state index >= 15 is 0 Å². The van der Waals surface area contributed by atoms with Crippen molar-refractivity contribution in [1.29, 1.82) is 0 Å². The van der Waals surface area contributed by atoms with Gasteiger partial charge in [-0.2, -0.15) is 0 Å². The first-order valence-corrected chi connectivity index (χ1v) is 7.44. The SMILES string of the molecule is COc1cc(Br)ccc1C(O)c1c(C)cc(C)cc1OC. The molecule has 1 N–H and O–H groups in total. The number of hydrogen-bond acceptors (Lipinski definition) is 3.